The molecule has 2 unspecified atom stereocenters. The second kappa shape index (κ2) is 6.96. The molecule has 0 amide bonds. The monoisotopic (exact) mass is 269 g/mol. The highest BCUT2D eigenvalue weighted by molar-refractivity contribution is 5.22. The molecule has 0 aliphatic carbocycles. The largest absolute Gasteiger partial charge is 0.378 e. The van der Waals surface area contributed by atoms with Crippen LogP contribution in [-0.4, -0.2) is 19.8 Å². The van der Waals surface area contributed by atoms with Gasteiger partial charge in [0.2, 0.25) is 0 Å². The van der Waals surface area contributed by atoms with Gasteiger partial charge in [-0.2, -0.15) is 0 Å². The van der Waals surface area contributed by atoms with Gasteiger partial charge >= 0.3 is 0 Å². The topological polar surface area (TPSA) is 21.3 Å². The third-order valence-electron chi connectivity index (χ3n) is 3.73. The molecular weight excluding hydrogens is 248 g/mol. The fourth-order valence-corrected chi connectivity index (χ4v) is 2.62. The predicted octanol–water partition coefficient (Wildman–Crippen LogP) is 3.57. The Morgan fingerprint density at radius 3 is 2.89 bits per heavy atom. The molecule has 106 valence electrons. The summed E-state index contributed by atoms with van der Waals surface area (Å²) in [7, 11) is 1.77. The summed E-state index contributed by atoms with van der Waals surface area (Å²) in [5, 5.41) is 3.06. The van der Waals surface area contributed by atoms with E-state index in [0.29, 0.717) is 5.56 Å². The van der Waals surface area contributed by atoms with E-state index >= 15 is 0 Å². The van der Waals surface area contributed by atoms with E-state index in [1.165, 1.54) is 18.6 Å². The highest BCUT2D eigenvalue weighted by atomic mass is 19.1. The number of hydrogen-bond donors (Lipinski definition) is 1. The van der Waals surface area contributed by atoms with Crippen molar-refractivity contribution in [3.05, 3.63) is 35.4 Å². The summed E-state index contributed by atoms with van der Waals surface area (Å²) < 4.78 is 32.6. The van der Waals surface area contributed by atoms with Crippen molar-refractivity contribution in [3.8, 4) is 0 Å². The molecule has 1 aliphatic rings. The van der Waals surface area contributed by atoms with Gasteiger partial charge in [0.05, 0.1) is 6.10 Å². The van der Waals surface area contributed by atoms with E-state index < -0.39 is 5.82 Å². The van der Waals surface area contributed by atoms with Gasteiger partial charge in [0, 0.05) is 18.2 Å². The van der Waals surface area contributed by atoms with Crippen LogP contribution in [0.15, 0.2) is 18.2 Å². The summed E-state index contributed by atoms with van der Waals surface area (Å²) >= 11 is 0. The highest BCUT2D eigenvalue weighted by Gasteiger charge is 2.19. The van der Waals surface area contributed by atoms with E-state index in [1.807, 2.05) is 0 Å². The molecule has 1 aromatic carbocycles. The van der Waals surface area contributed by atoms with Gasteiger partial charge in [0.15, 0.2) is 0 Å². The van der Waals surface area contributed by atoms with Crippen LogP contribution in [0.2, 0.25) is 0 Å². The standard InChI is InChI=1S/C15H21F2NO/c1-18-15(8-6-12-4-2-3-9-19-12)13-10-11(16)5-7-14(13)17/h5,7,10,12,15,18H,2-4,6,8-9H2,1H3. The number of ether oxygens (including phenoxy) is 1. The van der Waals surface area contributed by atoms with E-state index in [-0.39, 0.29) is 18.0 Å². The predicted molar refractivity (Wildman–Crippen MR) is 71.0 cm³/mol. The Morgan fingerprint density at radius 2 is 2.21 bits per heavy atom. The van der Waals surface area contributed by atoms with Crippen LogP contribution in [0.4, 0.5) is 8.78 Å². The van der Waals surface area contributed by atoms with E-state index in [2.05, 4.69) is 5.32 Å². The zero-order valence-corrected chi connectivity index (χ0v) is 11.3. The van der Waals surface area contributed by atoms with Crippen molar-refractivity contribution in [2.24, 2.45) is 0 Å². The third kappa shape index (κ3) is 3.98. The van der Waals surface area contributed by atoms with Gasteiger partial charge in [-0.25, -0.2) is 8.78 Å². The minimum Gasteiger partial charge on any atom is -0.378 e. The first-order valence-corrected chi connectivity index (χ1v) is 6.94. The molecule has 2 atom stereocenters. The van der Waals surface area contributed by atoms with Crippen LogP contribution in [0.5, 0.6) is 0 Å². The van der Waals surface area contributed by atoms with Crippen LogP contribution in [0.3, 0.4) is 0 Å². The first-order chi connectivity index (χ1) is 9.20. The van der Waals surface area contributed by atoms with Gasteiger partial charge in [0.1, 0.15) is 11.6 Å². The number of nitrogens with one attached hydrogen (secondary N) is 1. The van der Waals surface area contributed by atoms with Crippen LogP contribution >= 0.6 is 0 Å². The van der Waals surface area contributed by atoms with Crippen LogP contribution in [0.1, 0.15) is 43.7 Å². The lowest BCUT2D eigenvalue weighted by Crippen LogP contribution is -2.23. The second-order valence-electron chi connectivity index (χ2n) is 5.07. The average Bonchev–Trinajstić information content (AvgIpc) is 2.44. The molecule has 2 nitrogen and oxygen atoms in total. The van der Waals surface area contributed by atoms with Crippen molar-refractivity contribution in [1.82, 2.24) is 5.32 Å². The second-order valence-corrected chi connectivity index (χ2v) is 5.07. The van der Waals surface area contributed by atoms with E-state index in [9.17, 15) is 8.78 Å². The van der Waals surface area contributed by atoms with Crippen molar-refractivity contribution in [2.45, 2.75) is 44.2 Å². The molecule has 2 rings (SSSR count). The van der Waals surface area contributed by atoms with Crippen molar-refractivity contribution >= 4 is 0 Å². The zero-order chi connectivity index (χ0) is 13.7. The summed E-state index contributed by atoms with van der Waals surface area (Å²) in [5.74, 6) is -0.754. The summed E-state index contributed by atoms with van der Waals surface area (Å²) in [6, 6.07) is 3.45. The average molecular weight is 269 g/mol. The lowest BCUT2D eigenvalue weighted by Gasteiger charge is -2.25. The minimum absolute atomic E-state index is 0.166. The maximum atomic E-state index is 13.7. The summed E-state index contributed by atoms with van der Waals surface area (Å²) in [4.78, 5) is 0. The summed E-state index contributed by atoms with van der Waals surface area (Å²) in [5.41, 5.74) is 0.401. The Morgan fingerprint density at radius 1 is 1.37 bits per heavy atom. The molecule has 0 aromatic heterocycles. The smallest absolute Gasteiger partial charge is 0.128 e. The van der Waals surface area contributed by atoms with E-state index in [4.69, 9.17) is 4.74 Å². The highest BCUT2D eigenvalue weighted by Crippen LogP contribution is 2.25. The first kappa shape index (κ1) is 14.4. The lowest BCUT2D eigenvalue weighted by molar-refractivity contribution is 0.00860. The molecule has 1 heterocycles. The SMILES string of the molecule is CNC(CCC1CCCCO1)c1cc(F)ccc1F. The maximum absolute atomic E-state index is 13.7. The van der Waals surface area contributed by atoms with Gasteiger partial charge < -0.3 is 10.1 Å². The van der Waals surface area contributed by atoms with Gasteiger partial charge in [-0.3, -0.25) is 0 Å². The molecule has 0 radical (unpaired) electrons. The Kier molecular flexibility index (Phi) is 5.28. The molecule has 0 spiro atoms. The number of halogens is 2. The first-order valence-electron chi connectivity index (χ1n) is 6.94. The molecule has 19 heavy (non-hydrogen) atoms. The minimum atomic E-state index is -0.398. The number of rotatable bonds is 5. The fourth-order valence-electron chi connectivity index (χ4n) is 2.62. The molecule has 1 fully saturated rings. The molecule has 4 heteroatoms. The Labute approximate surface area is 113 Å². The van der Waals surface area contributed by atoms with Gasteiger partial charge in [-0.15, -0.1) is 0 Å². The van der Waals surface area contributed by atoms with Crippen molar-refractivity contribution in [2.75, 3.05) is 13.7 Å². The molecule has 0 bridgehead atoms. The Bertz CT molecular complexity index is 405. The molecule has 1 N–H and O–H groups in total. The quantitative estimate of drug-likeness (QED) is 0.882. The maximum Gasteiger partial charge on any atom is 0.128 e. The van der Waals surface area contributed by atoms with Crippen LogP contribution < -0.4 is 5.32 Å². The van der Waals surface area contributed by atoms with Crippen molar-refractivity contribution < 1.29 is 13.5 Å². The normalized spacial score (nSPS) is 21.3. The molecule has 1 saturated heterocycles. The third-order valence-corrected chi connectivity index (χ3v) is 3.73. The van der Waals surface area contributed by atoms with Crippen LogP contribution in [0.25, 0.3) is 0 Å². The number of benzene rings is 1. The lowest BCUT2D eigenvalue weighted by atomic mass is 9.97. The number of hydrogen-bond acceptors (Lipinski definition) is 2. The fraction of sp³-hybridized carbons (Fsp3) is 0.600. The summed E-state index contributed by atoms with van der Waals surface area (Å²) in [6.45, 7) is 0.823. The molecule has 1 aromatic rings. The van der Waals surface area contributed by atoms with Gasteiger partial charge in [-0.05, 0) is 57.4 Å². The van der Waals surface area contributed by atoms with E-state index in [0.717, 1.165) is 38.4 Å². The molecular formula is C15H21F2NO. The van der Waals surface area contributed by atoms with Crippen LogP contribution in [0, 0.1) is 11.6 Å². The van der Waals surface area contributed by atoms with Crippen molar-refractivity contribution in [1.29, 1.82) is 0 Å². The zero-order valence-electron chi connectivity index (χ0n) is 11.3. The molecule has 0 saturated carbocycles. The molecule has 1 aliphatic heterocycles. The Hall–Kier alpha value is -1.00. The summed E-state index contributed by atoms with van der Waals surface area (Å²) in [6.07, 6.45) is 5.29. The van der Waals surface area contributed by atoms with Gasteiger partial charge in [-0.1, -0.05) is 0 Å². The van der Waals surface area contributed by atoms with Crippen molar-refractivity contribution in [3.63, 3.8) is 0 Å². The van der Waals surface area contributed by atoms with Gasteiger partial charge in [0.25, 0.3) is 0 Å². The van der Waals surface area contributed by atoms with E-state index in [1.54, 1.807) is 7.05 Å². The van der Waals surface area contributed by atoms with Crippen LogP contribution in [-0.2, 0) is 4.74 Å². The Balaban J connectivity index is 1.97.